The van der Waals surface area contributed by atoms with Crippen molar-refractivity contribution in [3.8, 4) is 0 Å². The molecule has 0 aromatic heterocycles. The summed E-state index contributed by atoms with van der Waals surface area (Å²) in [6.07, 6.45) is 8.42. The predicted octanol–water partition coefficient (Wildman–Crippen LogP) is 2.25. The summed E-state index contributed by atoms with van der Waals surface area (Å²) in [6, 6.07) is 0.920. The largest absolute Gasteiger partial charge is 0.317 e. The van der Waals surface area contributed by atoms with Crippen LogP contribution in [0.4, 0.5) is 0 Å². The van der Waals surface area contributed by atoms with Crippen molar-refractivity contribution in [2.45, 2.75) is 51.5 Å². The summed E-state index contributed by atoms with van der Waals surface area (Å²) in [7, 11) is 2.29. The van der Waals surface area contributed by atoms with Crippen LogP contribution in [0.2, 0.25) is 0 Å². The Morgan fingerprint density at radius 3 is 2.57 bits per heavy atom. The van der Waals surface area contributed by atoms with Crippen LogP contribution in [-0.4, -0.2) is 37.6 Å². The summed E-state index contributed by atoms with van der Waals surface area (Å²) < 4.78 is 0. The van der Waals surface area contributed by atoms with E-state index in [4.69, 9.17) is 0 Å². The first-order valence-corrected chi connectivity index (χ1v) is 6.25. The van der Waals surface area contributed by atoms with Crippen LogP contribution in [0.25, 0.3) is 0 Å². The molecule has 0 saturated heterocycles. The molecule has 0 aromatic rings. The Bertz CT molecular complexity index is 132. The van der Waals surface area contributed by atoms with Crippen molar-refractivity contribution < 1.29 is 0 Å². The quantitative estimate of drug-likeness (QED) is 0.602. The van der Waals surface area contributed by atoms with Gasteiger partial charge in [0.15, 0.2) is 0 Å². The van der Waals surface area contributed by atoms with Crippen LogP contribution in [0.1, 0.15) is 45.4 Å². The van der Waals surface area contributed by atoms with Gasteiger partial charge in [0.05, 0.1) is 0 Å². The molecule has 2 nitrogen and oxygen atoms in total. The summed E-state index contributed by atoms with van der Waals surface area (Å²) in [5, 5.41) is 3.37. The molecular weight excluding hydrogens is 172 g/mol. The Morgan fingerprint density at radius 1 is 1.21 bits per heavy atom. The molecule has 0 unspecified atom stereocenters. The fourth-order valence-corrected chi connectivity index (χ4v) is 1.97. The normalized spacial score (nSPS) is 17.4. The van der Waals surface area contributed by atoms with Gasteiger partial charge in [-0.15, -0.1) is 0 Å². The molecule has 1 rings (SSSR count). The van der Waals surface area contributed by atoms with Gasteiger partial charge in [-0.05, 0) is 52.4 Å². The Kier molecular flexibility index (Phi) is 6.20. The zero-order valence-electron chi connectivity index (χ0n) is 9.89. The van der Waals surface area contributed by atoms with Gasteiger partial charge in [0.1, 0.15) is 0 Å². The summed E-state index contributed by atoms with van der Waals surface area (Å²) >= 11 is 0. The highest BCUT2D eigenvalue weighted by molar-refractivity contribution is 4.77. The van der Waals surface area contributed by atoms with E-state index in [2.05, 4.69) is 24.2 Å². The van der Waals surface area contributed by atoms with Gasteiger partial charge in [-0.3, -0.25) is 0 Å². The molecule has 0 spiro atoms. The maximum atomic E-state index is 3.37. The van der Waals surface area contributed by atoms with Crippen molar-refractivity contribution in [1.29, 1.82) is 0 Å². The van der Waals surface area contributed by atoms with Crippen molar-refractivity contribution in [2.75, 3.05) is 26.7 Å². The van der Waals surface area contributed by atoms with E-state index < -0.39 is 0 Å². The number of rotatable bonds is 8. The Balaban J connectivity index is 1.82. The summed E-state index contributed by atoms with van der Waals surface area (Å²) in [5.41, 5.74) is 0. The van der Waals surface area contributed by atoms with Crippen molar-refractivity contribution in [3.05, 3.63) is 0 Å². The highest BCUT2D eigenvalue weighted by Crippen LogP contribution is 2.23. The van der Waals surface area contributed by atoms with Gasteiger partial charge in [-0.2, -0.15) is 0 Å². The molecular formula is C12H26N2. The van der Waals surface area contributed by atoms with E-state index in [1.165, 1.54) is 51.6 Å². The van der Waals surface area contributed by atoms with Gasteiger partial charge >= 0.3 is 0 Å². The van der Waals surface area contributed by atoms with Gasteiger partial charge in [-0.1, -0.05) is 19.8 Å². The maximum absolute atomic E-state index is 3.37. The van der Waals surface area contributed by atoms with Crippen LogP contribution >= 0.6 is 0 Å². The van der Waals surface area contributed by atoms with Gasteiger partial charge < -0.3 is 10.2 Å². The SMILES string of the molecule is CCNCCCCCN(C)C1CCC1. The molecule has 0 radical (unpaired) electrons. The molecule has 0 bridgehead atoms. The fraction of sp³-hybridized carbons (Fsp3) is 1.00. The van der Waals surface area contributed by atoms with E-state index in [1.54, 1.807) is 0 Å². The van der Waals surface area contributed by atoms with Crippen LogP contribution in [0.15, 0.2) is 0 Å². The monoisotopic (exact) mass is 198 g/mol. The minimum atomic E-state index is 0.920. The smallest absolute Gasteiger partial charge is 0.00922 e. The molecule has 14 heavy (non-hydrogen) atoms. The molecule has 0 aliphatic heterocycles. The van der Waals surface area contributed by atoms with E-state index in [-0.39, 0.29) is 0 Å². The minimum absolute atomic E-state index is 0.920. The molecule has 0 atom stereocenters. The zero-order chi connectivity index (χ0) is 10.2. The zero-order valence-corrected chi connectivity index (χ0v) is 9.89. The third kappa shape index (κ3) is 4.43. The number of hydrogen-bond donors (Lipinski definition) is 1. The first-order valence-electron chi connectivity index (χ1n) is 6.25. The highest BCUT2D eigenvalue weighted by atomic mass is 15.1. The molecule has 1 aliphatic carbocycles. The number of nitrogens with zero attached hydrogens (tertiary/aromatic N) is 1. The Labute approximate surface area is 89.1 Å². The lowest BCUT2D eigenvalue weighted by molar-refractivity contribution is 0.157. The summed E-state index contributed by atoms with van der Waals surface area (Å²) in [6.45, 7) is 5.78. The number of unbranched alkanes of at least 4 members (excludes halogenated alkanes) is 2. The Hall–Kier alpha value is -0.0800. The van der Waals surface area contributed by atoms with E-state index in [0.717, 1.165) is 12.6 Å². The van der Waals surface area contributed by atoms with E-state index >= 15 is 0 Å². The molecule has 0 aromatic carbocycles. The third-order valence-electron chi connectivity index (χ3n) is 3.31. The van der Waals surface area contributed by atoms with Crippen LogP contribution in [0.3, 0.4) is 0 Å². The van der Waals surface area contributed by atoms with Crippen molar-refractivity contribution in [2.24, 2.45) is 0 Å². The van der Waals surface area contributed by atoms with Gasteiger partial charge in [0.2, 0.25) is 0 Å². The molecule has 1 N–H and O–H groups in total. The lowest BCUT2D eigenvalue weighted by atomic mass is 9.92. The molecule has 1 fully saturated rings. The average Bonchev–Trinajstić information content (AvgIpc) is 2.08. The molecule has 1 aliphatic rings. The second-order valence-corrected chi connectivity index (χ2v) is 4.48. The van der Waals surface area contributed by atoms with Gasteiger partial charge in [0.25, 0.3) is 0 Å². The topological polar surface area (TPSA) is 15.3 Å². The van der Waals surface area contributed by atoms with E-state index in [9.17, 15) is 0 Å². The highest BCUT2D eigenvalue weighted by Gasteiger charge is 2.20. The van der Waals surface area contributed by atoms with Gasteiger partial charge in [-0.25, -0.2) is 0 Å². The average molecular weight is 198 g/mol. The fourth-order valence-electron chi connectivity index (χ4n) is 1.97. The number of hydrogen-bond acceptors (Lipinski definition) is 2. The third-order valence-corrected chi connectivity index (χ3v) is 3.31. The number of nitrogens with one attached hydrogen (secondary N) is 1. The lowest BCUT2D eigenvalue weighted by Crippen LogP contribution is -2.37. The first-order chi connectivity index (χ1) is 6.84. The van der Waals surface area contributed by atoms with Crippen LogP contribution in [0, 0.1) is 0 Å². The minimum Gasteiger partial charge on any atom is -0.317 e. The van der Waals surface area contributed by atoms with Crippen molar-refractivity contribution >= 4 is 0 Å². The molecule has 2 heteroatoms. The maximum Gasteiger partial charge on any atom is 0.00922 e. The van der Waals surface area contributed by atoms with E-state index in [1.807, 2.05) is 0 Å². The van der Waals surface area contributed by atoms with Gasteiger partial charge in [0, 0.05) is 6.04 Å². The van der Waals surface area contributed by atoms with Crippen LogP contribution in [0.5, 0.6) is 0 Å². The van der Waals surface area contributed by atoms with E-state index in [0.29, 0.717) is 0 Å². The Morgan fingerprint density at radius 2 is 2.00 bits per heavy atom. The van der Waals surface area contributed by atoms with Crippen LogP contribution in [-0.2, 0) is 0 Å². The standard InChI is InChI=1S/C12H26N2/c1-3-13-10-5-4-6-11-14(2)12-8-7-9-12/h12-13H,3-11H2,1-2H3. The first kappa shape index (κ1) is 12.0. The summed E-state index contributed by atoms with van der Waals surface area (Å²) in [4.78, 5) is 2.55. The molecule has 0 amide bonds. The molecule has 1 saturated carbocycles. The molecule has 0 heterocycles. The predicted molar refractivity (Wildman–Crippen MR) is 62.7 cm³/mol. The second-order valence-electron chi connectivity index (χ2n) is 4.48. The summed E-state index contributed by atoms with van der Waals surface area (Å²) in [5.74, 6) is 0. The van der Waals surface area contributed by atoms with Crippen LogP contribution < -0.4 is 5.32 Å². The second kappa shape index (κ2) is 7.24. The molecule has 84 valence electrons. The lowest BCUT2D eigenvalue weighted by Gasteiger charge is -2.34. The van der Waals surface area contributed by atoms with Crippen molar-refractivity contribution in [1.82, 2.24) is 10.2 Å². The van der Waals surface area contributed by atoms with Crippen molar-refractivity contribution in [3.63, 3.8) is 0 Å².